The van der Waals surface area contributed by atoms with Crippen LogP contribution < -0.4 is 15.8 Å². The predicted octanol–water partition coefficient (Wildman–Crippen LogP) is 3.24. The molecule has 0 spiro atoms. The number of benzene rings is 1. The molecule has 1 fully saturated rings. The molecule has 1 heterocycles. The van der Waals surface area contributed by atoms with Crippen LogP contribution in [0.1, 0.15) is 31.2 Å². The number of carbonyl (C=O) groups is 1. The summed E-state index contributed by atoms with van der Waals surface area (Å²) in [6, 6.07) is 3.87. The van der Waals surface area contributed by atoms with E-state index in [4.69, 9.17) is 33.7 Å². The van der Waals surface area contributed by atoms with Crippen LogP contribution in [0, 0.1) is 0 Å². The third kappa shape index (κ3) is 6.50. The number of hydrogen-bond donors (Lipinski definition) is 2. The number of carbonyl (C=O) groups excluding carboxylic acids is 1. The van der Waals surface area contributed by atoms with Crippen LogP contribution in [0.2, 0.25) is 10.0 Å². The van der Waals surface area contributed by atoms with Gasteiger partial charge in [0, 0.05) is 42.7 Å². The molecule has 0 radical (unpaired) electrons. The van der Waals surface area contributed by atoms with E-state index >= 15 is 0 Å². The highest BCUT2D eigenvalue weighted by molar-refractivity contribution is 6.35. The largest absolute Gasteiger partial charge is 0.495 e. The van der Waals surface area contributed by atoms with Gasteiger partial charge in [-0.3, -0.25) is 9.69 Å². The molecule has 8 heteroatoms. The van der Waals surface area contributed by atoms with Gasteiger partial charge in [-0.15, -0.1) is 12.4 Å². The molecular weight excluding hydrogens is 385 g/mol. The molecule has 1 aliphatic heterocycles. The molecule has 3 N–H and O–H groups in total. The van der Waals surface area contributed by atoms with E-state index in [-0.39, 0.29) is 18.3 Å². The molecule has 1 amide bonds. The van der Waals surface area contributed by atoms with E-state index in [1.54, 1.807) is 13.2 Å². The molecule has 1 unspecified atom stereocenters. The highest BCUT2D eigenvalue weighted by Gasteiger charge is 2.24. The molecule has 0 aliphatic carbocycles. The van der Waals surface area contributed by atoms with E-state index in [1.165, 1.54) is 6.42 Å². The van der Waals surface area contributed by atoms with Gasteiger partial charge in [0.25, 0.3) is 0 Å². The molecule has 1 aromatic carbocycles. The number of rotatable bonds is 7. The Morgan fingerprint density at radius 1 is 1.40 bits per heavy atom. The lowest BCUT2D eigenvalue weighted by Crippen LogP contribution is -2.46. The number of hydrogen-bond acceptors (Lipinski definition) is 4. The second-order valence-electron chi connectivity index (χ2n) is 6.04. The van der Waals surface area contributed by atoms with Crippen molar-refractivity contribution in [3.63, 3.8) is 0 Å². The van der Waals surface area contributed by atoms with Gasteiger partial charge < -0.3 is 15.8 Å². The molecular formula is C17H26Cl3N3O2. The van der Waals surface area contributed by atoms with Crippen molar-refractivity contribution in [2.75, 3.05) is 26.7 Å². The molecule has 1 aromatic rings. The van der Waals surface area contributed by atoms with E-state index in [0.29, 0.717) is 47.9 Å². The van der Waals surface area contributed by atoms with Gasteiger partial charge in [-0.25, -0.2) is 0 Å². The minimum atomic E-state index is 0. The minimum Gasteiger partial charge on any atom is -0.495 e. The van der Waals surface area contributed by atoms with Crippen LogP contribution >= 0.6 is 35.6 Å². The van der Waals surface area contributed by atoms with Crippen molar-refractivity contribution >= 4 is 41.5 Å². The average molecular weight is 411 g/mol. The number of methoxy groups -OCH3 is 1. The van der Waals surface area contributed by atoms with Gasteiger partial charge in [-0.05, 0) is 31.5 Å². The monoisotopic (exact) mass is 409 g/mol. The second kappa shape index (κ2) is 11.1. The maximum Gasteiger partial charge on any atom is 0.221 e. The SMILES string of the molecule is COc1c(Cl)cc(Cl)cc1CN1CCCCC1CNC(=O)CCN.Cl. The number of amides is 1. The molecule has 1 aliphatic rings. The van der Waals surface area contributed by atoms with E-state index in [0.717, 1.165) is 24.9 Å². The number of halogens is 3. The highest BCUT2D eigenvalue weighted by Crippen LogP contribution is 2.34. The summed E-state index contributed by atoms with van der Waals surface area (Å²) in [5, 5.41) is 4.09. The van der Waals surface area contributed by atoms with E-state index in [2.05, 4.69) is 10.2 Å². The Morgan fingerprint density at radius 2 is 2.16 bits per heavy atom. The van der Waals surface area contributed by atoms with Crippen molar-refractivity contribution < 1.29 is 9.53 Å². The van der Waals surface area contributed by atoms with Crippen molar-refractivity contribution in [2.24, 2.45) is 5.73 Å². The van der Waals surface area contributed by atoms with Crippen molar-refractivity contribution in [1.82, 2.24) is 10.2 Å². The Labute approximate surface area is 165 Å². The molecule has 0 saturated carbocycles. The number of nitrogens with one attached hydrogen (secondary N) is 1. The number of nitrogens with two attached hydrogens (primary N) is 1. The summed E-state index contributed by atoms with van der Waals surface area (Å²) in [6.07, 6.45) is 3.73. The average Bonchev–Trinajstić information content (AvgIpc) is 2.54. The molecule has 1 atom stereocenters. The van der Waals surface area contributed by atoms with Gasteiger partial charge >= 0.3 is 0 Å². The maximum atomic E-state index is 11.7. The molecule has 5 nitrogen and oxygen atoms in total. The summed E-state index contributed by atoms with van der Waals surface area (Å²) in [7, 11) is 1.61. The fourth-order valence-electron chi connectivity index (χ4n) is 3.13. The minimum absolute atomic E-state index is 0. The van der Waals surface area contributed by atoms with Crippen molar-refractivity contribution in [3.05, 3.63) is 27.7 Å². The fraction of sp³-hybridized carbons (Fsp3) is 0.588. The van der Waals surface area contributed by atoms with Gasteiger partial charge in [0.15, 0.2) is 0 Å². The number of likely N-dealkylation sites (tertiary alicyclic amines) is 1. The van der Waals surface area contributed by atoms with E-state index < -0.39 is 0 Å². The molecule has 0 aromatic heterocycles. The normalized spacial score (nSPS) is 17.7. The Kier molecular flexibility index (Phi) is 9.90. The van der Waals surface area contributed by atoms with Gasteiger partial charge in [0.05, 0.1) is 12.1 Å². The molecule has 1 saturated heterocycles. The second-order valence-corrected chi connectivity index (χ2v) is 6.89. The summed E-state index contributed by atoms with van der Waals surface area (Å²) in [5.74, 6) is 0.670. The molecule has 2 rings (SSSR count). The van der Waals surface area contributed by atoms with Gasteiger partial charge in [-0.2, -0.15) is 0 Å². The number of ether oxygens (including phenoxy) is 1. The Morgan fingerprint density at radius 3 is 2.84 bits per heavy atom. The van der Waals surface area contributed by atoms with Crippen LogP contribution in [-0.4, -0.2) is 43.6 Å². The van der Waals surface area contributed by atoms with Crippen molar-refractivity contribution in [3.8, 4) is 5.75 Å². The van der Waals surface area contributed by atoms with Crippen LogP contribution in [-0.2, 0) is 11.3 Å². The summed E-state index contributed by atoms with van der Waals surface area (Å²) >= 11 is 12.4. The first kappa shape index (κ1) is 22.3. The zero-order valence-corrected chi connectivity index (χ0v) is 16.7. The topological polar surface area (TPSA) is 67.6 Å². The standard InChI is InChI=1S/C17H25Cl2N3O2.ClH/c1-24-17-12(8-13(18)9-15(17)19)11-22-7-3-2-4-14(22)10-21-16(23)5-6-20;/h8-9,14H,2-7,10-11,20H2,1H3,(H,21,23);1H. The third-order valence-corrected chi connectivity index (χ3v) is 4.82. The summed E-state index contributed by atoms with van der Waals surface area (Å²) < 4.78 is 5.44. The number of nitrogens with zero attached hydrogens (tertiary/aromatic N) is 1. The summed E-state index contributed by atoms with van der Waals surface area (Å²) in [6.45, 7) is 2.68. The van der Waals surface area contributed by atoms with Gasteiger partial charge in [0.1, 0.15) is 5.75 Å². The Bertz CT molecular complexity index is 572. The molecule has 25 heavy (non-hydrogen) atoms. The first-order valence-corrected chi connectivity index (χ1v) is 9.03. The Balaban J connectivity index is 0.00000312. The van der Waals surface area contributed by atoms with Crippen molar-refractivity contribution in [2.45, 2.75) is 38.3 Å². The zero-order chi connectivity index (χ0) is 17.5. The highest BCUT2D eigenvalue weighted by atomic mass is 35.5. The van der Waals surface area contributed by atoms with Crippen LogP contribution in [0.15, 0.2) is 12.1 Å². The maximum absolute atomic E-state index is 11.7. The smallest absolute Gasteiger partial charge is 0.221 e. The predicted molar refractivity (Wildman–Crippen MR) is 105 cm³/mol. The lowest BCUT2D eigenvalue weighted by atomic mass is 10.0. The van der Waals surface area contributed by atoms with Crippen LogP contribution in [0.5, 0.6) is 5.75 Å². The lowest BCUT2D eigenvalue weighted by Gasteiger charge is -2.36. The Hall–Kier alpha value is -0.720. The van der Waals surface area contributed by atoms with Crippen LogP contribution in [0.25, 0.3) is 0 Å². The summed E-state index contributed by atoms with van der Waals surface area (Å²) in [5.41, 5.74) is 6.39. The third-order valence-electron chi connectivity index (χ3n) is 4.32. The molecule has 142 valence electrons. The van der Waals surface area contributed by atoms with Crippen LogP contribution in [0.4, 0.5) is 0 Å². The summed E-state index contributed by atoms with van der Waals surface area (Å²) in [4.78, 5) is 14.0. The first-order chi connectivity index (χ1) is 11.5. The van der Waals surface area contributed by atoms with E-state index in [9.17, 15) is 4.79 Å². The first-order valence-electron chi connectivity index (χ1n) is 8.28. The van der Waals surface area contributed by atoms with Crippen LogP contribution in [0.3, 0.4) is 0 Å². The lowest BCUT2D eigenvalue weighted by molar-refractivity contribution is -0.121. The van der Waals surface area contributed by atoms with E-state index in [1.807, 2.05) is 6.07 Å². The quantitative estimate of drug-likeness (QED) is 0.724. The fourth-order valence-corrected chi connectivity index (χ4v) is 3.74. The molecule has 0 bridgehead atoms. The van der Waals surface area contributed by atoms with Gasteiger partial charge in [0.2, 0.25) is 5.91 Å². The van der Waals surface area contributed by atoms with Gasteiger partial charge in [-0.1, -0.05) is 29.6 Å². The number of piperidine rings is 1. The zero-order valence-electron chi connectivity index (χ0n) is 14.4. The van der Waals surface area contributed by atoms with Crippen molar-refractivity contribution in [1.29, 1.82) is 0 Å².